The summed E-state index contributed by atoms with van der Waals surface area (Å²) in [6.07, 6.45) is -1.62. The largest absolute Gasteiger partial charge is 0.475 e. The minimum absolute atomic E-state index is 0.115. The zero-order chi connectivity index (χ0) is 25.8. The summed E-state index contributed by atoms with van der Waals surface area (Å²) in [5.74, 6) is -5.00. The second kappa shape index (κ2) is 10.4. The molecule has 0 radical (unpaired) electrons. The van der Waals surface area contributed by atoms with E-state index < -0.39 is 54.2 Å². The number of nitrogens with one attached hydrogen (secondary N) is 2. The van der Waals surface area contributed by atoms with Gasteiger partial charge in [0.05, 0.1) is 23.8 Å². The zero-order valence-electron chi connectivity index (χ0n) is 18.9. The van der Waals surface area contributed by atoms with Gasteiger partial charge >= 0.3 is 6.18 Å². The van der Waals surface area contributed by atoms with Gasteiger partial charge in [-0.15, -0.1) is 0 Å². The highest BCUT2D eigenvalue weighted by Gasteiger charge is 2.47. The standard InChI is InChI=1S/C23H24F5N5O2/c1-14-9-22(24,25)13-33(18(14)12-35-19-7-6-15(10-32-19)23(26,27)28)21(34)20(29)16(11-30-2)17-5-3-4-8-31-17/h3-8,10-11,14,18,29-30H,9,12-13H2,1-2H3/b16-11-,29-20?/t14?,18-/m1/s1. The molecule has 1 saturated heterocycles. The Hall–Kier alpha value is -3.57. The lowest BCUT2D eigenvalue weighted by atomic mass is 9.88. The number of halogens is 5. The van der Waals surface area contributed by atoms with Gasteiger partial charge in [0, 0.05) is 43.7 Å². The molecule has 188 valence electrons. The van der Waals surface area contributed by atoms with Gasteiger partial charge in [-0.1, -0.05) is 13.0 Å². The van der Waals surface area contributed by atoms with Gasteiger partial charge in [0.15, 0.2) is 0 Å². The van der Waals surface area contributed by atoms with E-state index in [0.717, 1.165) is 17.0 Å². The number of hydrogen-bond acceptors (Lipinski definition) is 6. The van der Waals surface area contributed by atoms with Gasteiger partial charge in [0.2, 0.25) is 5.88 Å². The molecule has 2 N–H and O–H groups in total. The van der Waals surface area contributed by atoms with Gasteiger partial charge < -0.3 is 15.0 Å². The van der Waals surface area contributed by atoms with Crippen molar-refractivity contribution in [3.05, 3.63) is 60.2 Å². The zero-order valence-corrected chi connectivity index (χ0v) is 18.9. The number of alkyl halides is 5. The number of aromatic nitrogens is 2. The molecule has 1 aliphatic heterocycles. The molecular weight excluding hydrogens is 473 g/mol. The number of hydrogen-bond donors (Lipinski definition) is 2. The average Bonchev–Trinajstić information content (AvgIpc) is 2.80. The van der Waals surface area contributed by atoms with Gasteiger partial charge in [-0.2, -0.15) is 13.2 Å². The number of likely N-dealkylation sites (tertiary alicyclic amines) is 1. The van der Waals surface area contributed by atoms with E-state index >= 15 is 0 Å². The SMILES string of the molecule is CN/C=C(\C(=N)C(=O)N1CC(F)(F)CC(C)[C@H]1COc1ccc(C(F)(F)F)cn1)c1ccccn1. The third-order valence-corrected chi connectivity index (χ3v) is 5.52. The first kappa shape index (κ1) is 26.0. The summed E-state index contributed by atoms with van der Waals surface area (Å²) in [7, 11) is 1.56. The maximum absolute atomic E-state index is 14.4. The maximum Gasteiger partial charge on any atom is 0.417 e. The van der Waals surface area contributed by atoms with Crippen LogP contribution in [0.3, 0.4) is 0 Å². The summed E-state index contributed by atoms with van der Waals surface area (Å²) in [6, 6.07) is 5.84. The Kier molecular flexibility index (Phi) is 7.71. The van der Waals surface area contributed by atoms with Crippen LogP contribution in [0.5, 0.6) is 5.88 Å². The Morgan fingerprint density at radius 1 is 1.29 bits per heavy atom. The topological polar surface area (TPSA) is 91.2 Å². The molecule has 1 fully saturated rings. The van der Waals surface area contributed by atoms with Crippen LogP contribution in [-0.4, -0.2) is 58.7 Å². The van der Waals surface area contributed by atoms with Crippen LogP contribution < -0.4 is 10.1 Å². The fourth-order valence-electron chi connectivity index (χ4n) is 3.83. The Labute approximate surface area is 198 Å². The quantitative estimate of drug-likeness (QED) is 0.445. The van der Waals surface area contributed by atoms with Crippen molar-refractivity contribution in [3.63, 3.8) is 0 Å². The average molecular weight is 497 g/mol. The molecule has 3 rings (SSSR count). The summed E-state index contributed by atoms with van der Waals surface area (Å²) in [4.78, 5) is 21.9. The number of pyridine rings is 2. The molecule has 2 atom stereocenters. The normalized spacial score (nSPS) is 20.3. The first-order chi connectivity index (χ1) is 16.4. The van der Waals surface area contributed by atoms with E-state index in [1.807, 2.05) is 0 Å². The molecule has 2 aromatic heterocycles. The van der Waals surface area contributed by atoms with Crippen LogP contribution in [0.2, 0.25) is 0 Å². The number of amides is 1. The van der Waals surface area contributed by atoms with Crippen molar-refractivity contribution in [2.24, 2.45) is 5.92 Å². The van der Waals surface area contributed by atoms with Crippen molar-refractivity contribution in [2.75, 3.05) is 20.2 Å². The monoisotopic (exact) mass is 497 g/mol. The lowest BCUT2D eigenvalue weighted by Gasteiger charge is -2.43. The summed E-state index contributed by atoms with van der Waals surface area (Å²) in [6.45, 7) is 0.305. The summed E-state index contributed by atoms with van der Waals surface area (Å²) >= 11 is 0. The van der Waals surface area contributed by atoms with E-state index in [0.29, 0.717) is 11.9 Å². The Balaban J connectivity index is 1.83. The second-order valence-electron chi connectivity index (χ2n) is 8.17. The molecule has 1 unspecified atom stereocenters. The Bertz CT molecular complexity index is 1070. The van der Waals surface area contributed by atoms with Crippen molar-refractivity contribution < 1.29 is 31.5 Å². The van der Waals surface area contributed by atoms with Crippen molar-refractivity contribution in [3.8, 4) is 5.88 Å². The van der Waals surface area contributed by atoms with Crippen LogP contribution in [-0.2, 0) is 11.0 Å². The molecule has 35 heavy (non-hydrogen) atoms. The highest BCUT2D eigenvalue weighted by atomic mass is 19.4. The summed E-state index contributed by atoms with van der Waals surface area (Å²) in [5.41, 5.74) is -1.08. The van der Waals surface area contributed by atoms with E-state index in [-0.39, 0.29) is 18.1 Å². The molecule has 1 amide bonds. The molecule has 12 heteroatoms. The predicted molar refractivity (Wildman–Crippen MR) is 118 cm³/mol. The highest BCUT2D eigenvalue weighted by Crippen LogP contribution is 2.35. The van der Waals surface area contributed by atoms with Crippen molar-refractivity contribution in [2.45, 2.75) is 31.5 Å². The fourth-order valence-corrected chi connectivity index (χ4v) is 3.83. The number of piperidine rings is 1. The minimum atomic E-state index is -4.56. The molecular formula is C23H24F5N5O2. The van der Waals surface area contributed by atoms with E-state index in [1.165, 1.54) is 19.3 Å². The van der Waals surface area contributed by atoms with E-state index in [4.69, 9.17) is 10.1 Å². The Morgan fingerprint density at radius 3 is 2.60 bits per heavy atom. The number of carbonyl (C=O) groups is 1. The molecule has 0 aromatic carbocycles. The maximum atomic E-state index is 14.4. The predicted octanol–water partition coefficient (Wildman–Crippen LogP) is 4.03. The van der Waals surface area contributed by atoms with Gasteiger partial charge in [-0.25, -0.2) is 13.8 Å². The summed E-state index contributed by atoms with van der Waals surface area (Å²) in [5, 5.41) is 11.2. The van der Waals surface area contributed by atoms with Crippen LogP contribution in [0.1, 0.15) is 24.6 Å². The van der Waals surface area contributed by atoms with Crippen molar-refractivity contribution >= 4 is 17.2 Å². The third kappa shape index (κ3) is 6.31. The van der Waals surface area contributed by atoms with Gasteiger partial charge in [0.1, 0.15) is 12.3 Å². The Morgan fingerprint density at radius 2 is 2.03 bits per heavy atom. The first-order valence-corrected chi connectivity index (χ1v) is 10.7. The molecule has 0 aliphatic carbocycles. The summed E-state index contributed by atoms with van der Waals surface area (Å²) < 4.78 is 72.6. The highest BCUT2D eigenvalue weighted by molar-refractivity contribution is 6.54. The smallest absolute Gasteiger partial charge is 0.417 e. The van der Waals surface area contributed by atoms with E-state index in [9.17, 15) is 26.7 Å². The van der Waals surface area contributed by atoms with E-state index in [2.05, 4.69) is 15.3 Å². The number of rotatable bonds is 7. The lowest BCUT2D eigenvalue weighted by molar-refractivity contribution is -0.148. The van der Waals surface area contributed by atoms with E-state index in [1.54, 1.807) is 25.2 Å². The fraction of sp³-hybridized carbons (Fsp3) is 0.391. The lowest BCUT2D eigenvalue weighted by Crippen LogP contribution is -2.58. The van der Waals surface area contributed by atoms with Crippen molar-refractivity contribution in [1.29, 1.82) is 5.41 Å². The molecule has 2 aromatic rings. The number of nitrogens with zero attached hydrogens (tertiary/aromatic N) is 3. The molecule has 3 heterocycles. The van der Waals surface area contributed by atoms with Gasteiger partial charge in [-0.3, -0.25) is 15.2 Å². The second-order valence-corrected chi connectivity index (χ2v) is 8.17. The molecule has 0 bridgehead atoms. The van der Waals surface area contributed by atoms with Crippen LogP contribution in [0.25, 0.3) is 5.57 Å². The van der Waals surface area contributed by atoms with Crippen LogP contribution in [0.15, 0.2) is 48.9 Å². The van der Waals surface area contributed by atoms with Gasteiger partial charge in [-0.05, 0) is 24.1 Å². The van der Waals surface area contributed by atoms with Crippen LogP contribution in [0, 0.1) is 11.3 Å². The van der Waals surface area contributed by atoms with Gasteiger partial charge in [0.25, 0.3) is 11.8 Å². The molecule has 0 saturated carbocycles. The van der Waals surface area contributed by atoms with Crippen LogP contribution in [0.4, 0.5) is 22.0 Å². The first-order valence-electron chi connectivity index (χ1n) is 10.7. The number of carbonyl (C=O) groups excluding carboxylic acids is 1. The minimum Gasteiger partial charge on any atom is -0.475 e. The van der Waals surface area contributed by atoms with Crippen molar-refractivity contribution in [1.82, 2.24) is 20.2 Å². The van der Waals surface area contributed by atoms with Crippen LogP contribution >= 0.6 is 0 Å². The molecule has 0 spiro atoms. The molecule has 1 aliphatic rings. The third-order valence-electron chi connectivity index (χ3n) is 5.52. The molecule has 7 nitrogen and oxygen atoms in total. The number of ether oxygens (including phenoxy) is 1.